The lowest BCUT2D eigenvalue weighted by atomic mass is 10.2. The fourth-order valence-corrected chi connectivity index (χ4v) is 4.73. The SMILES string of the molecule is CC(C(=O)NCc1ccccc1)N1C(=O)/C(=C/c2cccc(Oc3ccccc3)c2)SC1=S. The Hall–Kier alpha value is -3.42. The quantitative estimate of drug-likeness (QED) is 0.368. The van der Waals surface area contributed by atoms with E-state index in [1.54, 1.807) is 13.0 Å². The van der Waals surface area contributed by atoms with Crippen LogP contribution in [0.2, 0.25) is 0 Å². The highest BCUT2D eigenvalue weighted by molar-refractivity contribution is 8.26. The van der Waals surface area contributed by atoms with Gasteiger partial charge in [0.2, 0.25) is 5.91 Å². The van der Waals surface area contributed by atoms with Crippen molar-refractivity contribution in [3.05, 3.63) is 101 Å². The maximum atomic E-state index is 13.1. The van der Waals surface area contributed by atoms with Crippen molar-refractivity contribution in [3.8, 4) is 11.5 Å². The normalized spacial score (nSPS) is 15.5. The monoisotopic (exact) mass is 474 g/mol. The van der Waals surface area contributed by atoms with E-state index >= 15 is 0 Å². The number of carbonyl (C=O) groups excluding carboxylic acids is 2. The third-order valence-corrected chi connectivity index (χ3v) is 6.37. The third-order valence-electron chi connectivity index (χ3n) is 5.03. The molecule has 1 aliphatic rings. The summed E-state index contributed by atoms with van der Waals surface area (Å²) in [5, 5.41) is 2.87. The van der Waals surface area contributed by atoms with Crippen LogP contribution in [0.5, 0.6) is 11.5 Å². The van der Waals surface area contributed by atoms with Gasteiger partial charge in [0.25, 0.3) is 5.91 Å². The van der Waals surface area contributed by atoms with Crippen LogP contribution in [0.3, 0.4) is 0 Å². The summed E-state index contributed by atoms with van der Waals surface area (Å²) < 4.78 is 6.24. The average molecular weight is 475 g/mol. The Morgan fingerprint density at radius 2 is 1.70 bits per heavy atom. The van der Waals surface area contributed by atoms with E-state index in [1.807, 2.05) is 84.9 Å². The Morgan fingerprint density at radius 1 is 1.03 bits per heavy atom. The molecule has 5 nitrogen and oxygen atoms in total. The zero-order valence-electron chi connectivity index (χ0n) is 17.9. The molecule has 0 spiro atoms. The van der Waals surface area contributed by atoms with Crippen molar-refractivity contribution >= 4 is 46.2 Å². The number of hydrogen-bond donors (Lipinski definition) is 1. The number of thioether (sulfide) groups is 1. The molecule has 0 radical (unpaired) electrons. The number of rotatable bonds is 7. The van der Waals surface area contributed by atoms with Crippen molar-refractivity contribution in [1.29, 1.82) is 0 Å². The molecular weight excluding hydrogens is 452 g/mol. The van der Waals surface area contributed by atoms with E-state index in [1.165, 1.54) is 16.7 Å². The number of carbonyl (C=O) groups is 2. The van der Waals surface area contributed by atoms with Gasteiger partial charge in [-0.05, 0) is 48.4 Å². The molecule has 1 saturated heterocycles. The summed E-state index contributed by atoms with van der Waals surface area (Å²) in [7, 11) is 0. The van der Waals surface area contributed by atoms with Gasteiger partial charge in [0.15, 0.2) is 0 Å². The number of hydrogen-bond acceptors (Lipinski definition) is 5. The van der Waals surface area contributed by atoms with Crippen LogP contribution in [0.1, 0.15) is 18.1 Å². The molecule has 1 heterocycles. The second-order valence-corrected chi connectivity index (χ2v) is 9.09. The number of ether oxygens (including phenoxy) is 1. The van der Waals surface area contributed by atoms with Gasteiger partial charge in [-0.2, -0.15) is 0 Å². The van der Waals surface area contributed by atoms with Crippen LogP contribution in [0.4, 0.5) is 0 Å². The molecule has 1 atom stereocenters. The van der Waals surface area contributed by atoms with Crippen LogP contribution in [-0.2, 0) is 16.1 Å². The molecule has 1 aliphatic heterocycles. The average Bonchev–Trinajstić information content (AvgIpc) is 3.11. The zero-order valence-corrected chi connectivity index (χ0v) is 19.6. The summed E-state index contributed by atoms with van der Waals surface area (Å²) >= 11 is 6.61. The lowest BCUT2D eigenvalue weighted by Crippen LogP contribution is -2.46. The van der Waals surface area contributed by atoms with E-state index in [2.05, 4.69) is 5.32 Å². The highest BCUT2D eigenvalue weighted by Crippen LogP contribution is 2.34. The fourth-order valence-electron chi connectivity index (χ4n) is 3.31. The zero-order chi connectivity index (χ0) is 23.2. The summed E-state index contributed by atoms with van der Waals surface area (Å²) in [5.41, 5.74) is 1.80. The molecule has 3 aromatic rings. The van der Waals surface area contributed by atoms with Gasteiger partial charge < -0.3 is 10.1 Å². The molecule has 0 bridgehead atoms. The molecule has 7 heteroatoms. The Labute approximate surface area is 202 Å². The number of thiocarbonyl (C=S) groups is 1. The van der Waals surface area contributed by atoms with Crippen LogP contribution in [-0.4, -0.2) is 27.1 Å². The largest absolute Gasteiger partial charge is 0.457 e. The molecule has 1 N–H and O–H groups in total. The predicted molar refractivity (Wildman–Crippen MR) is 136 cm³/mol. The molecule has 0 aliphatic carbocycles. The summed E-state index contributed by atoms with van der Waals surface area (Å²) in [6.45, 7) is 2.07. The number of amides is 2. The second-order valence-electron chi connectivity index (χ2n) is 7.42. The molecule has 166 valence electrons. The van der Waals surface area contributed by atoms with Gasteiger partial charge in [-0.25, -0.2) is 0 Å². The van der Waals surface area contributed by atoms with E-state index in [9.17, 15) is 9.59 Å². The number of nitrogens with one attached hydrogen (secondary N) is 1. The molecule has 3 aromatic carbocycles. The van der Waals surface area contributed by atoms with Gasteiger partial charge in [0.05, 0.1) is 4.91 Å². The first kappa shape index (κ1) is 22.8. The van der Waals surface area contributed by atoms with Gasteiger partial charge in [0.1, 0.15) is 21.9 Å². The highest BCUT2D eigenvalue weighted by atomic mass is 32.2. The van der Waals surface area contributed by atoms with Crippen molar-refractivity contribution in [2.45, 2.75) is 19.5 Å². The second kappa shape index (κ2) is 10.5. The van der Waals surface area contributed by atoms with Gasteiger partial charge in [0, 0.05) is 6.54 Å². The van der Waals surface area contributed by atoms with Crippen molar-refractivity contribution in [3.63, 3.8) is 0 Å². The Morgan fingerprint density at radius 3 is 2.42 bits per heavy atom. The molecular formula is C26H22N2O3S2. The van der Waals surface area contributed by atoms with Crippen LogP contribution in [0.25, 0.3) is 6.08 Å². The first-order valence-electron chi connectivity index (χ1n) is 10.4. The molecule has 0 saturated carbocycles. The first-order valence-corrected chi connectivity index (χ1v) is 11.7. The number of benzene rings is 3. The Balaban J connectivity index is 1.44. The third kappa shape index (κ3) is 5.69. The molecule has 33 heavy (non-hydrogen) atoms. The summed E-state index contributed by atoms with van der Waals surface area (Å²) in [4.78, 5) is 27.6. The van der Waals surface area contributed by atoms with Crippen molar-refractivity contribution in [1.82, 2.24) is 10.2 Å². The molecule has 2 amide bonds. The van der Waals surface area contributed by atoms with Crippen molar-refractivity contribution in [2.24, 2.45) is 0 Å². The number of nitrogens with zero attached hydrogens (tertiary/aromatic N) is 1. The lowest BCUT2D eigenvalue weighted by Gasteiger charge is -2.22. The molecule has 0 aromatic heterocycles. The van der Waals surface area contributed by atoms with E-state index in [-0.39, 0.29) is 11.8 Å². The minimum atomic E-state index is -0.708. The minimum Gasteiger partial charge on any atom is -0.457 e. The van der Waals surface area contributed by atoms with E-state index in [0.717, 1.165) is 16.9 Å². The van der Waals surface area contributed by atoms with Gasteiger partial charge >= 0.3 is 0 Å². The molecule has 1 unspecified atom stereocenters. The van der Waals surface area contributed by atoms with Crippen molar-refractivity contribution in [2.75, 3.05) is 0 Å². The highest BCUT2D eigenvalue weighted by Gasteiger charge is 2.38. The fraction of sp³-hybridized carbons (Fsp3) is 0.115. The molecule has 1 fully saturated rings. The van der Waals surface area contributed by atoms with Gasteiger partial charge in [-0.3, -0.25) is 14.5 Å². The standard InChI is InChI=1S/C26H22N2O3S2/c1-18(24(29)27-17-19-9-4-2-5-10-19)28-25(30)23(33-26(28)32)16-20-11-8-14-22(15-20)31-21-12-6-3-7-13-21/h2-16,18H,17H2,1H3,(H,27,29)/b23-16-. The lowest BCUT2D eigenvalue weighted by molar-refractivity contribution is -0.132. The maximum Gasteiger partial charge on any atom is 0.266 e. The maximum absolute atomic E-state index is 13.1. The summed E-state index contributed by atoms with van der Waals surface area (Å²) in [5.74, 6) is 0.867. The Bertz CT molecular complexity index is 1200. The molecule has 4 rings (SSSR count). The van der Waals surface area contributed by atoms with Crippen LogP contribution >= 0.6 is 24.0 Å². The predicted octanol–water partition coefficient (Wildman–Crippen LogP) is 5.39. The smallest absolute Gasteiger partial charge is 0.266 e. The van der Waals surface area contributed by atoms with Crippen LogP contribution in [0, 0.1) is 0 Å². The van der Waals surface area contributed by atoms with Crippen LogP contribution in [0.15, 0.2) is 89.8 Å². The van der Waals surface area contributed by atoms with Crippen molar-refractivity contribution < 1.29 is 14.3 Å². The van der Waals surface area contributed by atoms with E-state index in [4.69, 9.17) is 17.0 Å². The van der Waals surface area contributed by atoms with Crippen LogP contribution < -0.4 is 10.1 Å². The van der Waals surface area contributed by atoms with E-state index < -0.39 is 6.04 Å². The first-order chi connectivity index (χ1) is 16.0. The van der Waals surface area contributed by atoms with E-state index in [0.29, 0.717) is 21.5 Å². The minimum absolute atomic E-state index is 0.255. The van der Waals surface area contributed by atoms with Gasteiger partial charge in [-0.15, -0.1) is 0 Å². The number of para-hydroxylation sites is 1. The topological polar surface area (TPSA) is 58.6 Å². The Kier molecular flexibility index (Phi) is 7.22. The summed E-state index contributed by atoms with van der Waals surface area (Å²) in [6, 6.07) is 25.9. The van der Waals surface area contributed by atoms with Gasteiger partial charge in [-0.1, -0.05) is 84.6 Å². The summed E-state index contributed by atoms with van der Waals surface area (Å²) in [6.07, 6.45) is 1.77.